The first-order valence-electron chi connectivity index (χ1n) is 6.03. The van der Waals surface area contributed by atoms with E-state index in [0.29, 0.717) is 6.54 Å². The van der Waals surface area contributed by atoms with Crippen LogP contribution >= 0.6 is 46.2 Å². The van der Waals surface area contributed by atoms with Gasteiger partial charge in [-0.05, 0) is 31.0 Å². The van der Waals surface area contributed by atoms with Crippen LogP contribution in [0.25, 0.3) is 0 Å². The van der Waals surface area contributed by atoms with Crippen molar-refractivity contribution in [3.05, 3.63) is 22.4 Å². The average Bonchev–Trinajstić information content (AvgIpc) is 3.09. The number of aromatic nitrogens is 2. The molecule has 0 aliphatic carbocycles. The highest BCUT2D eigenvalue weighted by Crippen LogP contribution is 2.30. The molecule has 0 aliphatic rings. The van der Waals surface area contributed by atoms with E-state index in [1.54, 1.807) is 23.1 Å². The molecule has 1 unspecified atom stereocenters. The summed E-state index contributed by atoms with van der Waals surface area (Å²) in [5, 5.41) is 12.9. The van der Waals surface area contributed by atoms with Gasteiger partial charge in [-0.15, -0.1) is 21.5 Å². The summed E-state index contributed by atoms with van der Waals surface area (Å²) < 4.78 is 1.77. The van der Waals surface area contributed by atoms with Crippen molar-refractivity contribution in [2.45, 2.75) is 27.3 Å². The number of amides is 1. The number of carbonyl (C=O) groups excluding carboxylic acids is 1. The lowest BCUT2D eigenvalue weighted by molar-refractivity contribution is -0.120. The van der Waals surface area contributed by atoms with Crippen LogP contribution in [0.5, 0.6) is 0 Å². The van der Waals surface area contributed by atoms with Crippen LogP contribution in [0, 0.1) is 0 Å². The minimum Gasteiger partial charge on any atom is -0.355 e. The van der Waals surface area contributed by atoms with Crippen LogP contribution < -0.4 is 5.32 Å². The SMILES string of the molecule is CSc1nnc(SC(C)C(=O)NCCc2cccs2)s1. The Labute approximate surface area is 134 Å². The molecule has 108 valence electrons. The molecule has 4 nitrogen and oxygen atoms in total. The van der Waals surface area contributed by atoms with Gasteiger partial charge in [0.25, 0.3) is 0 Å². The number of thioether (sulfide) groups is 2. The first-order valence-corrected chi connectivity index (χ1v) is 9.83. The van der Waals surface area contributed by atoms with E-state index < -0.39 is 0 Å². The highest BCUT2D eigenvalue weighted by atomic mass is 32.2. The second-order valence-electron chi connectivity index (χ2n) is 3.92. The van der Waals surface area contributed by atoms with Gasteiger partial charge in [0.15, 0.2) is 8.68 Å². The van der Waals surface area contributed by atoms with Gasteiger partial charge in [-0.25, -0.2) is 0 Å². The number of hydrogen-bond donors (Lipinski definition) is 1. The zero-order valence-corrected chi connectivity index (χ0v) is 14.4. The quantitative estimate of drug-likeness (QED) is 0.781. The molecule has 2 aromatic rings. The molecule has 1 atom stereocenters. The molecule has 2 rings (SSSR count). The first-order chi connectivity index (χ1) is 9.69. The van der Waals surface area contributed by atoms with Crippen molar-refractivity contribution in [1.29, 1.82) is 0 Å². The topological polar surface area (TPSA) is 54.9 Å². The number of carbonyl (C=O) groups is 1. The molecule has 0 spiro atoms. The van der Waals surface area contributed by atoms with Crippen molar-refractivity contribution in [3.8, 4) is 0 Å². The molecule has 0 aliphatic heterocycles. The van der Waals surface area contributed by atoms with Gasteiger partial charge in [0, 0.05) is 11.4 Å². The van der Waals surface area contributed by atoms with E-state index in [4.69, 9.17) is 0 Å². The Hall–Kier alpha value is -0.570. The maximum atomic E-state index is 12.0. The molecule has 8 heteroatoms. The smallest absolute Gasteiger partial charge is 0.233 e. The van der Waals surface area contributed by atoms with Crippen LogP contribution in [0.3, 0.4) is 0 Å². The van der Waals surface area contributed by atoms with Gasteiger partial charge in [0.2, 0.25) is 5.91 Å². The molecule has 0 saturated heterocycles. The van der Waals surface area contributed by atoms with E-state index in [-0.39, 0.29) is 11.2 Å². The van der Waals surface area contributed by atoms with Crippen LogP contribution in [0.15, 0.2) is 26.2 Å². The minimum absolute atomic E-state index is 0.0486. The number of nitrogens with zero attached hydrogens (tertiary/aromatic N) is 2. The number of rotatable bonds is 7. The third kappa shape index (κ3) is 4.76. The highest BCUT2D eigenvalue weighted by Gasteiger charge is 2.16. The Morgan fingerprint density at radius 1 is 1.45 bits per heavy atom. The van der Waals surface area contributed by atoms with Crippen molar-refractivity contribution in [3.63, 3.8) is 0 Å². The average molecular weight is 346 g/mol. The highest BCUT2D eigenvalue weighted by molar-refractivity contribution is 8.03. The maximum absolute atomic E-state index is 12.0. The van der Waals surface area contributed by atoms with Gasteiger partial charge >= 0.3 is 0 Å². The summed E-state index contributed by atoms with van der Waals surface area (Å²) in [7, 11) is 0. The fraction of sp³-hybridized carbons (Fsp3) is 0.417. The van der Waals surface area contributed by atoms with E-state index >= 15 is 0 Å². The van der Waals surface area contributed by atoms with E-state index in [0.717, 1.165) is 15.1 Å². The van der Waals surface area contributed by atoms with Crippen LogP contribution in [0.2, 0.25) is 0 Å². The fourth-order valence-corrected chi connectivity index (χ4v) is 4.76. The third-order valence-electron chi connectivity index (χ3n) is 2.46. The van der Waals surface area contributed by atoms with Crippen LogP contribution in [0.1, 0.15) is 11.8 Å². The molecular formula is C12H15N3OS4. The van der Waals surface area contributed by atoms with Crippen molar-refractivity contribution >= 4 is 52.1 Å². The summed E-state index contributed by atoms with van der Waals surface area (Å²) in [5.41, 5.74) is 0. The Bertz CT molecular complexity index is 541. The molecule has 0 fully saturated rings. The maximum Gasteiger partial charge on any atom is 0.233 e. The van der Waals surface area contributed by atoms with Crippen molar-refractivity contribution in [2.24, 2.45) is 0 Å². The Morgan fingerprint density at radius 3 is 2.90 bits per heavy atom. The number of nitrogens with one attached hydrogen (secondary N) is 1. The van der Waals surface area contributed by atoms with E-state index in [9.17, 15) is 4.79 Å². The van der Waals surface area contributed by atoms with E-state index in [1.807, 2.05) is 19.2 Å². The predicted molar refractivity (Wildman–Crippen MR) is 88.0 cm³/mol. The number of thiophene rings is 1. The molecule has 0 bridgehead atoms. The van der Waals surface area contributed by atoms with Crippen LogP contribution in [-0.4, -0.2) is 34.2 Å². The van der Waals surface area contributed by atoms with Crippen molar-refractivity contribution in [1.82, 2.24) is 15.5 Å². The normalized spacial score (nSPS) is 12.3. The molecule has 2 aromatic heterocycles. The summed E-state index contributed by atoms with van der Waals surface area (Å²) in [6.07, 6.45) is 2.85. The number of hydrogen-bond acceptors (Lipinski definition) is 7. The zero-order valence-electron chi connectivity index (χ0n) is 11.2. The summed E-state index contributed by atoms with van der Waals surface area (Å²) >= 11 is 6.27. The van der Waals surface area contributed by atoms with Gasteiger partial charge in [-0.1, -0.05) is 40.9 Å². The van der Waals surface area contributed by atoms with Gasteiger partial charge in [-0.3, -0.25) is 4.79 Å². The molecule has 1 amide bonds. The Morgan fingerprint density at radius 2 is 2.25 bits per heavy atom. The molecule has 2 heterocycles. The van der Waals surface area contributed by atoms with Crippen molar-refractivity contribution < 1.29 is 4.79 Å². The van der Waals surface area contributed by atoms with Crippen molar-refractivity contribution in [2.75, 3.05) is 12.8 Å². The van der Waals surface area contributed by atoms with Gasteiger partial charge in [-0.2, -0.15) is 0 Å². The van der Waals surface area contributed by atoms with Crippen LogP contribution in [0.4, 0.5) is 0 Å². The summed E-state index contributed by atoms with van der Waals surface area (Å²) in [6.45, 7) is 2.57. The van der Waals surface area contributed by atoms with Crippen LogP contribution in [-0.2, 0) is 11.2 Å². The second kappa shape index (κ2) is 8.02. The van der Waals surface area contributed by atoms with Gasteiger partial charge in [0.05, 0.1) is 5.25 Å². The summed E-state index contributed by atoms with van der Waals surface area (Å²) in [6, 6.07) is 4.11. The second-order valence-corrected chi connectivity index (χ2v) is 8.57. The largest absolute Gasteiger partial charge is 0.355 e. The summed E-state index contributed by atoms with van der Waals surface area (Å²) in [4.78, 5) is 13.3. The van der Waals surface area contributed by atoms with E-state index in [2.05, 4.69) is 27.0 Å². The fourth-order valence-electron chi connectivity index (χ4n) is 1.44. The van der Waals surface area contributed by atoms with Gasteiger partial charge in [0.1, 0.15) is 0 Å². The molecule has 20 heavy (non-hydrogen) atoms. The lowest BCUT2D eigenvalue weighted by Crippen LogP contribution is -2.32. The molecule has 0 radical (unpaired) electrons. The standard InChI is InChI=1S/C12H15N3OS4/c1-8(19-12-15-14-11(17-2)20-12)10(16)13-6-5-9-4-3-7-18-9/h3-4,7-8H,5-6H2,1-2H3,(H,13,16). The molecular weight excluding hydrogens is 330 g/mol. The minimum atomic E-state index is -0.152. The zero-order chi connectivity index (χ0) is 14.4. The molecule has 0 aromatic carbocycles. The third-order valence-corrected chi connectivity index (χ3v) is 6.48. The Kier molecular flexibility index (Phi) is 6.34. The lowest BCUT2D eigenvalue weighted by Gasteiger charge is -2.09. The first kappa shape index (κ1) is 15.8. The summed E-state index contributed by atoms with van der Waals surface area (Å²) in [5.74, 6) is 0.0486. The lowest BCUT2D eigenvalue weighted by atomic mass is 10.3. The monoisotopic (exact) mass is 345 g/mol. The predicted octanol–water partition coefficient (Wildman–Crippen LogP) is 3.16. The molecule has 0 saturated carbocycles. The van der Waals surface area contributed by atoms with E-state index in [1.165, 1.54) is 28.0 Å². The Balaban J connectivity index is 1.74. The molecule has 1 N–H and O–H groups in total. The van der Waals surface area contributed by atoms with Gasteiger partial charge < -0.3 is 5.32 Å².